The third-order valence-corrected chi connectivity index (χ3v) is 11.5. The van der Waals surface area contributed by atoms with Gasteiger partial charge < -0.3 is 24.5 Å². The molecule has 0 aliphatic carbocycles. The maximum atomic E-state index is 12.7. The molecule has 0 bridgehead atoms. The molecule has 4 amide bonds. The van der Waals surface area contributed by atoms with Gasteiger partial charge in [0, 0.05) is 65.9 Å². The van der Waals surface area contributed by atoms with Gasteiger partial charge in [0.25, 0.3) is 5.22 Å². The van der Waals surface area contributed by atoms with Crippen LogP contribution < -0.4 is 21.6 Å². The second-order valence-electron chi connectivity index (χ2n) is 15.4. The number of anilines is 2. The first-order valence-electron chi connectivity index (χ1n) is 21.5. The molecule has 15 heteroatoms. The first kappa shape index (κ1) is 46.7. The van der Waals surface area contributed by atoms with E-state index in [4.69, 9.17) is 29.3 Å². The first-order chi connectivity index (χ1) is 30.8. The van der Waals surface area contributed by atoms with Gasteiger partial charge in [0.15, 0.2) is 12.1 Å². The summed E-state index contributed by atoms with van der Waals surface area (Å²) in [6, 6.07) is 35.0. The first-order valence-corrected chi connectivity index (χ1v) is 22.5. The summed E-state index contributed by atoms with van der Waals surface area (Å²) < 4.78 is 19.6. The van der Waals surface area contributed by atoms with Gasteiger partial charge in [-0.1, -0.05) is 122 Å². The quantitative estimate of drug-likeness (QED) is 0.0158. The number of aromatic nitrogens is 1. The molecule has 0 saturated carbocycles. The lowest BCUT2D eigenvalue weighted by atomic mass is 10.0. The maximum Gasteiger partial charge on any atom is 0.256 e. The van der Waals surface area contributed by atoms with Crippen molar-refractivity contribution in [2.75, 3.05) is 16.4 Å². The number of nitrogens with zero attached hydrogens (tertiary/aromatic N) is 1. The number of benzene rings is 4. The van der Waals surface area contributed by atoms with Gasteiger partial charge in [0.05, 0.1) is 12.2 Å². The number of rotatable bonds is 23. The number of nitrogens with one attached hydrogen (secondary N) is 4. The van der Waals surface area contributed by atoms with Crippen LogP contribution >= 0.6 is 11.8 Å². The second-order valence-corrected chi connectivity index (χ2v) is 16.4. The molecule has 1 fully saturated rings. The van der Waals surface area contributed by atoms with Crippen molar-refractivity contribution in [2.24, 2.45) is 0 Å². The molecule has 3 unspecified atom stereocenters. The summed E-state index contributed by atoms with van der Waals surface area (Å²) in [5.41, 5.74) is 8.96. The lowest BCUT2D eigenvalue weighted by Gasteiger charge is -2.36. The van der Waals surface area contributed by atoms with Gasteiger partial charge in [-0.05, 0) is 55.5 Å². The smallest absolute Gasteiger partial charge is 0.256 e. The lowest BCUT2D eigenvalue weighted by Crippen LogP contribution is -2.31. The highest BCUT2D eigenvalue weighted by Gasteiger charge is 2.33. The molecule has 0 spiro atoms. The van der Waals surface area contributed by atoms with E-state index in [1.165, 1.54) is 11.8 Å². The van der Waals surface area contributed by atoms with Crippen LogP contribution in [0.15, 0.2) is 119 Å². The van der Waals surface area contributed by atoms with Crippen LogP contribution in [0.4, 0.5) is 11.4 Å². The molecule has 4 aromatic carbocycles. The Kier molecular flexibility index (Phi) is 18.3. The normalized spacial score (nSPS) is 15.9. The summed E-state index contributed by atoms with van der Waals surface area (Å²) in [6.07, 6.45) is 6.33. The Bertz CT molecular complexity index is 2050. The summed E-state index contributed by atoms with van der Waals surface area (Å²) in [5.74, 6) is 0.226. The minimum absolute atomic E-state index is 0.0886. The van der Waals surface area contributed by atoms with Crippen LogP contribution in [0, 0.1) is 0 Å². The second kappa shape index (κ2) is 24.7. The highest BCUT2D eigenvalue weighted by molar-refractivity contribution is 7.99. The highest BCUT2D eigenvalue weighted by atomic mass is 32.2. The summed E-state index contributed by atoms with van der Waals surface area (Å²) in [7, 11) is 0. The average Bonchev–Trinajstić information content (AvgIpc) is 3.76. The van der Waals surface area contributed by atoms with Gasteiger partial charge in [-0.25, -0.2) is 15.9 Å². The minimum Gasteiger partial charge on any atom is -0.431 e. The highest BCUT2D eigenvalue weighted by Crippen LogP contribution is 2.41. The van der Waals surface area contributed by atoms with E-state index in [1.54, 1.807) is 11.0 Å². The molecule has 1 aromatic heterocycles. The van der Waals surface area contributed by atoms with Crippen molar-refractivity contribution in [2.45, 2.75) is 107 Å². The molecule has 1 aliphatic rings. The number of carbonyl (C=O) groups is 4. The van der Waals surface area contributed by atoms with Crippen molar-refractivity contribution in [1.29, 1.82) is 0 Å². The molecule has 6 rings (SSSR count). The van der Waals surface area contributed by atoms with Crippen LogP contribution in [0.1, 0.15) is 107 Å². The molecule has 0 radical (unpaired) electrons. The zero-order valence-electron chi connectivity index (χ0n) is 35.1. The Balaban J connectivity index is 1.10. The third-order valence-electron chi connectivity index (χ3n) is 10.6. The van der Waals surface area contributed by atoms with Crippen LogP contribution in [-0.4, -0.2) is 50.9 Å². The number of unbranched alkanes of at least 4 members (excludes halogenated alkanes) is 6. The topological polar surface area (TPSA) is 201 Å². The summed E-state index contributed by atoms with van der Waals surface area (Å²) in [6.45, 7) is 0. The van der Waals surface area contributed by atoms with Crippen molar-refractivity contribution in [3.63, 3.8) is 0 Å². The number of thioether (sulfide) groups is 1. The van der Waals surface area contributed by atoms with E-state index >= 15 is 0 Å². The monoisotopic (exact) mass is 877 g/mol. The summed E-state index contributed by atoms with van der Waals surface area (Å²) >= 11 is 1.48. The summed E-state index contributed by atoms with van der Waals surface area (Å²) in [5, 5.41) is 23.7. The van der Waals surface area contributed by atoms with Crippen LogP contribution in [0.3, 0.4) is 0 Å². The van der Waals surface area contributed by atoms with Crippen molar-refractivity contribution in [1.82, 2.24) is 15.9 Å². The molecule has 63 heavy (non-hydrogen) atoms. The Hall–Kier alpha value is -5.84. The fraction of sp³-hybridized carbons (Fsp3) is 0.354. The molecule has 332 valence electrons. The van der Waals surface area contributed by atoms with E-state index < -0.39 is 18.1 Å². The molecule has 14 nitrogen and oxygen atoms in total. The molecule has 5 aromatic rings. The van der Waals surface area contributed by atoms with E-state index in [2.05, 4.69) is 10.6 Å². The Morgan fingerprint density at radius 1 is 0.571 bits per heavy atom. The number of hydrogen-bond donors (Lipinski definition) is 6. The Morgan fingerprint density at radius 2 is 1.05 bits per heavy atom. The molecule has 3 atom stereocenters. The van der Waals surface area contributed by atoms with E-state index in [0.717, 1.165) is 53.6 Å². The average molecular weight is 878 g/mol. The predicted molar refractivity (Wildman–Crippen MR) is 240 cm³/mol. The minimum atomic E-state index is -0.714. The van der Waals surface area contributed by atoms with Gasteiger partial charge >= 0.3 is 0 Å². The van der Waals surface area contributed by atoms with E-state index in [0.29, 0.717) is 73.1 Å². The van der Waals surface area contributed by atoms with E-state index in [1.807, 2.05) is 109 Å². The van der Waals surface area contributed by atoms with Crippen molar-refractivity contribution >= 4 is 46.8 Å². The zero-order valence-corrected chi connectivity index (χ0v) is 35.9. The lowest BCUT2D eigenvalue weighted by molar-refractivity contribution is -0.245. The largest absolute Gasteiger partial charge is 0.431 e. The Morgan fingerprint density at radius 3 is 1.56 bits per heavy atom. The summed E-state index contributed by atoms with van der Waals surface area (Å²) in [4.78, 5) is 52.7. The zero-order chi connectivity index (χ0) is 44.2. The SMILES string of the molecule is O=C(CCCCCCC(=O)Nc1ccc(C2CC(CSc3nc(-c4ccccc4)c(-c4ccccc4)o3)OC(c3ccc(NC(=O)CCCCCCC(=O)NO)cc3)O2)cc1)NO. The number of hydroxylamine groups is 2. The number of hydrogen-bond acceptors (Lipinski definition) is 11. The van der Waals surface area contributed by atoms with Gasteiger partial charge in [-0.2, -0.15) is 0 Å². The van der Waals surface area contributed by atoms with Gasteiger partial charge in [-0.3, -0.25) is 29.6 Å². The third kappa shape index (κ3) is 14.9. The van der Waals surface area contributed by atoms with Gasteiger partial charge in [-0.15, -0.1) is 0 Å². The molecule has 1 aliphatic heterocycles. The molecular weight excluding hydrogens is 823 g/mol. The molecule has 6 N–H and O–H groups in total. The van der Waals surface area contributed by atoms with E-state index in [9.17, 15) is 19.2 Å². The number of ether oxygens (including phenoxy) is 2. The van der Waals surface area contributed by atoms with Crippen LogP contribution in [-0.2, 0) is 28.7 Å². The van der Waals surface area contributed by atoms with Gasteiger partial charge in [0.2, 0.25) is 23.6 Å². The Labute approximate surface area is 371 Å². The van der Waals surface area contributed by atoms with E-state index in [-0.39, 0.29) is 36.9 Å². The number of oxazole rings is 1. The fourth-order valence-electron chi connectivity index (χ4n) is 7.20. The van der Waals surface area contributed by atoms with Crippen molar-refractivity contribution in [3.05, 3.63) is 120 Å². The number of amides is 4. The van der Waals surface area contributed by atoms with Crippen molar-refractivity contribution in [3.8, 4) is 22.6 Å². The standard InChI is InChI=1S/C48H55N5O9S/c54-41(19-11-1-3-13-21-43(56)52-58)49-37-27-23-33(24-28-37)40-31-39(32-63-48-51-45(34-15-7-5-8-16-34)46(62-48)35-17-9-6-10-18-35)60-47(61-40)36-25-29-38(30-26-36)50-42(55)20-12-2-4-14-22-44(57)53-59/h5-10,15-18,23-30,39-40,47,58-59H,1-4,11-14,19-22,31-32H2,(H,49,54)(H,50,55)(H,52,56)(H,53,57). The molecule has 1 saturated heterocycles. The maximum absolute atomic E-state index is 12.7. The predicted octanol–water partition coefficient (Wildman–Crippen LogP) is 9.92. The van der Waals surface area contributed by atoms with Crippen molar-refractivity contribution < 1.29 is 43.5 Å². The van der Waals surface area contributed by atoms with Crippen LogP contribution in [0.2, 0.25) is 0 Å². The number of carbonyl (C=O) groups excluding carboxylic acids is 4. The van der Waals surface area contributed by atoms with Crippen LogP contribution in [0.5, 0.6) is 0 Å². The fourth-order valence-corrected chi connectivity index (χ4v) is 8.04. The molecular formula is C48H55N5O9S. The molecule has 2 heterocycles. The van der Waals surface area contributed by atoms with Crippen LogP contribution in [0.25, 0.3) is 22.6 Å². The van der Waals surface area contributed by atoms with Gasteiger partial charge in [0.1, 0.15) is 5.69 Å².